The molecular formula is C10H12Cl3NS. The Balaban J connectivity index is 2.57. The van der Waals surface area contributed by atoms with Gasteiger partial charge in [-0.2, -0.15) is 0 Å². The standard InChI is InChI=1S/C10H12Cl3NS/c1-2-3-4-5-15-10-8(12)6-7(11)9(13)14-10/h6H,2-5H2,1H3. The Labute approximate surface area is 110 Å². The molecule has 0 aromatic carbocycles. The Hall–Kier alpha value is 0.370. The van der Waals surface area contributed by atoms with Crippen LogP contribution in [0.1, 0.15) is 26.2 Å². The lowest BCUT2D eigenvalue weighted by molar-refractivity contribution is 0.778. The molecule has 0 fully saturated rings. The average molecular weight is 285 g/mol. The van der Waals surface area contributed by atoms with Gasteiger partial charge >= 0.3 is 0 Å². The molecule has 0 spiro atoms. The summed E-state index contributed by atoms with van der Waals surface area (Å²) >= 11 is 19.2. The van der Waals surface area contributed by atoms with Crippen molar-refractivity contribution < 1.29 is 0 Å². The predicted molar refractivity (Wildman–Crippen MR) is 69.5 cm³/mol. The lowest BCUT2D eigenvalue weighted by Crippen LogP contribution is -1.87. The van der Waals surface area contributed by atoms with E-state index in [9.17, 15) is 0 Å². The Morgan fingerprint density at radius 1 is 1.20 bits per heavy atom. The Morgan fingerprint density at radius 3 is 2.60 bits per heavy atom. The van der Waals surface area contributed by atoms with Crippen LogP contribution < -0.4 is 0 Å². The maximum absolute atomic E-state index is 5.99. The highest BCUT2D eigenvalue weighted by Crippen LogP contribution is 2.31. The maximum atomic E-state index is 5.99. The monoisotopic (exact) mass is 283 g/mol. The quantitative estimate of drug-likeness (QED) is 0.412. The van der Waals surface area contributed by atoms with Crippen molar-refractivity contribution in [1.82, 2.24) is 4.98 Å². The second-order valence-corrected chi connectivity index (χ2v) is 5.36. The summed E-state index contributed by atoms with van der Waals surface area (Å²) in [6.45, 7) is 2.18. The number of halogens is 3. The minimum absolute atomic E-state index is 0.319. The summed E-state index contributed by atoms with van der Waals surface area (Å²) in [5, 5.41) is 2.06. The summed E-state index contributed by atoms with van der Waals surface area (Å²) in [5.74, 6) is 1.01. The van der Waals surface area contributed by atoms with Gasteiger partial charge in [-0.3, -0.25) is 0 Å². The number of pyridine rings is 1. The summed E-state index contributed by atoms with van der Waals surface area (Å²) in [6, 6.07) is 1.64. The molecule has 0 amide bonds. The van der Waals surface area contributed by atoms with E-state index < -0.39 is 0 Å². The van der Waals surface area contributed by atoms with Crippen molar-refractivity contribution in [3.63, 3.8) is 0 Å². The summed E-state index contributed by atoms with van der Waals surface area (Å²) in [6.07, 6.45) is 3.61. The van der Waals surface area contributed by atoms with Gasteiger partial charge in [0.25, 0.3) is 0 Å². The molecule has 0 unspecified atom stereocenters. The van der Waals surface area contributed by atoms with Crippen molar-refractivity contribution in [1.29, 1.82) is 0 Å². The van der Waals surface area contributed by atoms with Crippen LogP contribution >= 0.6 is 46.6 Å². The third-order valence-corrected chi connectivity index (χ3v) is 3.99. The molecule has 0 bridgehead atoms. The van der Waals surface area contributed by atoms with E-state index in [1.54, 1.807) is 17.8 Å². The van der Waals surface area contributed by atoms with Crippen molar-refractivity contribution >= 4 is 46.6 Å². The molecule has 0 saturated heterocycles. The van der Waals surface area contributed by atoms with Crippen molar-refractivity contribution in [3.8, 4) is 0 Å². The van der Waals surface area contributed by atoms with Gasteiger partial charge in [0.1, 0.15) is 10.2 Å². The molecule has 0 atom stereocenters. The highest BCUT2D eigenvalue weighted by molar-refractivity contribution is 7.99. The highest BCUT2D eigenvalue weighted by atomic mass is 35.5. The number of thioether (sulfide) groups is 1. The van der Waals surface area contributed by atoms with Crippen molar-refractivity contribution in [2.24, 2.45) is 0 Å². The summed E-state index contributed by atoms with van der Waals surface area (Å²) in [7, 11) is 0. The van der Waals surface area contributed by atoms with Gasteiger partial charge in [0.2, 0.25) is 0 Å². The number of hydrogen-bond donors (Lipinski definition) is 0. The zero-order chi connectivity index (χ0) is 11.3. The van der Waals surface area contributed by atoms with Crippen LogP contribution in [-0.2, 0) is 0 Å². The largest absolute Gasteiger partial charge is 0.227 e. The summed E-state index contributed by atoms with van der Waals surface area (Å²) in [5.41, 5.74) is 0. The van der Waals surface area contributed by atoms with Gasteiger partial charge in [0.05, 0.1) is 10.0 Å². The third-order valence-electron chi connectivity index (χ3n) is 1.84. The first kappa shape index (κ1) is 13.4. The first-order valence-electron chi connectivity index (χ1n) is 4.79. The minimum Gasteiger partial charge on any atom is -0.227 e. The van der Waals surface area contributed by atoms with Gasteiger partial charge in [-0.05, 0) is 18.2 Å². The number of nitrogens with zero attached hydrogens (tertiary/aromatic N) is 1. The van der Waals surface area contributed by atoms with Gasteiger partial charge < -0.3 is 0 Å². The first-order chi connectivity index (χ1) is 7.15. The lowest BCUT2D eigenvalue weighted by Gasteiger charge is -2.04. The molecule has 0 saturated carbocycles. The van der Waals surface area contributed by atoms with E-state index >= 15 is 0 Å². The predicted octanol–water partition coefficient (Wildman–Crippen LogP) is 5.32. The van der Waals surface area contributed by atoms with Crippen molar-refractivity contribution in [3.05, 3.63) is 21.3 Å². The van der Waals surface area contributed by atoms with Gasteiger partial charge in [0.15, 0.2) is 0 Å². The van der Waals surface area contributed by atoms with Crippen LogP contribution in [0.2, 0.25) is 15.2 Å². The van der Waals surface area contributed by atoms with E-state index in [0.29, 0.717) is 15.2 Å². The number of aromatic nitrogens is 1. The van der Waals surface area contributed by atoms with Gasteiger partial charge in [-0.1, -0.05) is 54.6 Å². The molecule has 1 aromatic heterocycles. The molecule has 0 aliphatic heterocycles. The summed E-state index contributed by atoms with van der Waals surface area (Å²) < 4.78 is 0. The van der Waals surface area contributed by atoms with Crippen LogP contribution in [0.4, 0.5) is 0 Å². The smallest absolute Gasteiger partial charge is 0.149 e. The van der Waals surface area contributed by atoms with Crippen molar-refractivity contribution in [2.75, 3.05) is 5.75 Å². The van der Waals surface area contributed by atoms with Gasteiger partial charge in [-0.25, -0.2) is 4.98 Å². The van der Waals surface area contributed by atoms with E-state index in [1.807, 2.05) is 0 Å². The molecule has 0 aliphatic carbocycles. The fourth-order valence-corrected chi connectivity index (χ4v) is 2.66. The molecule has 15 heavy (non-hydrogen) atoms. The molecule has 84 valence electrons. The zero-order valence-electron chi connectivity index (χ0n) is 8.40. The summed E-state index contributed by atoms with van der Waals surface area (Å²) in [4.78, 5) is 4.13. The molecule has 1 aromatic rings. The van der Waals surface area contributed by atoms with E-state index in [0.717, 1.165) is 10.8 Å². The van der Waals surface area contributed by atoms with Gasteiger partial charge in [0, 0.05) is 0 Å². The van der Waals surface area contributed by atoms with Gasteiger partial charge in [-0.15, -0.1) is 11.8 Å². The molecule has 1 nitrogen and oxygen atoms in total. The van der Waals surface area contributed by atoms with Crippen LogP contribution in [-0.4, -0.2) is 10.7 Å². The Kier molecular flexibility index (Phi) is 6.13. The lowest BCUT2D eigenvalue weighted by atomic mass is 10.3. The van der Waals surface area contributed by atoms with Crippen LogP contribution in [0.3, 0.4) is 0 Å². The van der Waals surface area contributed by atoms with Crippen LogP contribution in [0.15, 0.2) is 11.1 Å². The maximum Gasteiger partial charge on any atom is 0.149 e. The SMILES string of the molecule is CCCCCSc1nc(Cl)c(Cl)cc1Cl. The van der Waals surface area contributed by atoms with E-state index in [1.165, 1.54) is 19.3 Å². The third kappa shape index (κ3) is 4.39. The second kappa shape index (κ2) is 6.85. The molecule has 1 rings (SSSR count). The molecule has 1 heterocycles. The Bertz CT molecular complexity index is 331. The second-order valence-electron chi connectivity index (χ2n) is 3.10. The Morgan fingerprint density at radius 2 is 1.93 bits per heavy atom. The van der Waals surface area contributed by atoms with Crippen molar-refractivity contribution in [2.45, 2.75) is 31.2 Å². The zero-order valence-corrected chi connectivity index (χ0v) is 11.5. The minimum atomic E-state index is 0.319. The van der Waals surface area contributed by atoms with Crippen LogP contribution in [0.5, 0.6) is 0 Å². The molecular weight excluding hydrogens is 273 g/mol. The van der Waals surface area contributed by atoms with E-state index in [-0.39, 0.29) is 0 Å². The van der Waals surface area contributed by atoms with E-state index in [4.69, 9.17) is 34.8 Å². The molecule has 0 N–H and O–H groups in total. The van der Waals surface area contributed by atoms with E-state index in [2.05, 4.69) is 11.9 Å². The van der Waals surface area contributed by atoms with Crippen LogP contribution in [0.25, 0.3) is 0 Å². The highest BCUT2D eigenvalue weighted by Gasteiger charge is 2.07. The normalized spacial score (nSPS) is 10.7. The van der Waals surface area contributed by atoms with Crippen LogP contribution in [0, 0.1) is 0 Å². The number of rotatable bonds is 5. The number of unbranched alkanes of at least 4 members (excludes halogenated alkanes) is 2. The number of hydrogen-bond acceptors (Lipinski definition) is 2. The topological polar surface area (TPSA) is 12.9 Å². The fourth-order valence-electron chi connectivity index (χ4n) is 1.05. The molecule has 5 heteroatoms. The average Bonchev–Trinajstić information content (AvgIpc) is 2.20. The molecule has 0 aliphatic rings. The fraction of sp³-hybridized carbons (Fsp3) is 0.500. The molecule has 0 radical (unpaired) electrons. The first-order valence-corrected chi connectivity index (χ1v) is 6.91.